The van der Waals surface area contributed by atoms with E-state index in [2.05, 4.69) is 239 Å². The molecule has 0 saturated heterocycles. The first-order chi connectivity index (χ1) is 27.3. The highest BCUT2D eigenvalue weighted by Gasteiger charge is 2.25. The van der Waals surface area contributed by atoms with E-state index in [-0.39, 0.29) is 0 Å². The van der Waals surface area contributed by atoms with Crippen molar-refractivity contribution < 1.29 is 0 Å². The van der Waals surface area contributed by atoms with Gasteiger partial charge in [-0.25, -0.2) is 0 Å². The van der Waals surface area contributed by atoms with Gasteiger partial charge in [-0.05, 0) is 107 Å². The summed E-state index contributed by atoms with van der Waals surface area (Å²) in [5.41, 5.74) is 12.3. The lowest BCUT2D eigenvalue weighted by molar-refractivity contribution is 1.18. The van der Waals surface area contributed by atoms with Crippen LogP contribution in [0.3, 0.4) is 0 Å². The van der Waals surface area contributed by atoms with Gasteiger partial charge in [0.2, 0.25) is 0 Å². The van der Waals surface area contributed by atoms with Crippen molar-refractivity contribution >= 4 is 66.7 Å². The smallest absolute Gasteiger partial charge is 0.0583 e. The minimum Gasteiger partial charge on any atom is -0.310 e. The lowest BCUT2D eigenvalue weighted by Gasteiger charge is -2.30. The summed E-state index contributed by atoms with van der Waals surface area (Å²) in [6, 6.07) is 80.7. The number of anilines is 6. The molecule has 3 nitrogen and oxygen atoms in total. The third-order valence-corrected chi connectivity index (χ3v) is 10.5. The van der Waals surface area contributed by atoms with E-state index >= 15 is 0 Å². The number of para-hydroxylation sites is 4. The Morgan fingerprint density at radius 1 is 0.309 bits per heavy atom. The van der Waals surface area contributed by atoms with E-state index < -0.39 is 0 Å². The Morgan fingerprint density at radius 2 is 0.745 bits per heavy atom. The zero-order chi connectivity index (χ0) is 36.6. The van der Waals surface area contributed by atoms with Crippen LogP contribution >= 0.6 is 0 Å². The van der Waals surface area contributed by atoms with Gasteiger partial charge in [-0.1, -0.05) is 140 Å². The second-order valence-electron chi connectivity index (χ2n) is 13.8. The van der Waals surface area contributed by atoms with Crippen molar-refractivity contribution in [2.75, 3.05) is 9.80 Å². The SMILES string of the molecule is c1ccc(-c2ccc(-n3c4cc5ccccc5cc4c4c(N(c5ccccc5)c5ccccc5)cc(N(c5ccccc5)c5ccccc5)cc43)cc2)cc1. The minimum absolute atomic E-state index is 1.06. The highest BCUT2D eigenvalue weighted by atomic mass is 15.2. The molecule has 0 atom stereocenters. The molecule has 0 amide bonds. The third-order valence-electron chi connectivity index (χ3n) is 10.5. The number of hydrogen-bond acceptors (Lipinski definition) is 2. The molecule has 9 aromatic carbocycles. The number of rotatable bonds is 8. The predicted molar refractivity (Wildman–Crippen MR) is 233 cm³/mol. The molecule has 0 fully saturated rings. The van der Waals surface area contributed by atoms with Crippen molar-refractivity contribution in [2.45, 2.75) is 0 Å². The lowest BCUT2D eigenvalue weighted by atomic mass is 10.0. The van der Waals surface area contributed by atoms with E-state index in [0.717, 1.165) is 50.8 Å². The van der Waals surface area contributed by atoms with Crippen LogP contribution in [-0.2, 0) is 0 Å². The molecule has 10 rings (SSSR count). The summed E-state index contributed by atoms with van der Waals surface area (Å²) in [6.07, 6.45) is 0. The maximum Gasteiger partial charge on any atom is 0.0583 e. The van der Waals surface area contributed by atoms with Crippen molar-refractivity contribution in [3.8, 4) is 16.8 Å². The number of nitrogens with zero attached hydrogens (tertiary/aromatic N) is 3. The quantitative estimate of drug-likeness (QED) is 0.156. The summed E-state index contributed by atoms with van der Waals surface area (Å²) in [5.74, 6) is 0. The van der Waals surface area contributed by atoms with E-state index in [1.165, 1.54) is 32.7 Å². The summed E-state index contributed by atoms with van der Waals surface area (Å²) in [5, 5.41) is 4.81. The Balaban J connectivity index is 1.35. The molecule has 0 N–H and O–H groups in total. The fraction of sp³-hybridized carbons (Fsp3) is 0. The van der Waals surface area contributed by atoms with Gasteiger partial charge in [0.1, 0.15) is 0 Å². The zero-order valence-electron chi connectivity index (χ0n) is 30.2. The van der Waals surface area contributed by atoms with Gasteiger partial charge in [0.25, 0.3) is 0 Å². The molecule has 0 spiro atoms. The molecule has 0 radical (unpaired) electrons. The summed E-state index contributed by atoms with van der Waals surface area (Å²) >= 11 is 0. The van der Waals surface area contributed by atoms with Crippen LogP contribution in [0.1, 0.15) is 0 Å². The van der Waals surface area contributed by atoms with Crippen LogP contribution in [0, 0.1) is 0 Å². The number of benzene rings is 9. The number of hydrogen-bond donors (Lipinski definition) is 0. The highest BCUT2D eigenvalue weighted by Crippen LogP contribution is 2.48. The molecule has 0 unspecified atom stereocenters. The van der Waals surface area contributed by atoms with E-state index in [0.29, 0.717) is 0 Å². The molecule has 0 aliphatic heterocycles. The van der Waals surface area contributed by atoms with E-state index in [1.807, 2.05) is 0 Å². The molecule has 3 heteroatoms. The Labute approximate surface area is 321 Å². The molecule has 0 saturated carbocycles. The minimum atomic E-state index is 1.06. The Kier molecular flexibility index (Phi) is 8.16. The van der Waals surface area contributed by atoms with Gasteiger partial charge in [0.05, 0.1) is 22.4 Å². The Hall–Kier alpha value is -7.36. The standard InChI is InChI=1S/C52H37N3/c1-6-18-38(19-7-1)39-30-32-46(33-31-39)55-49-35-41-21-17-16-20-40(41)34-48(49)52-50(54(44-26-12-4-13-27-44)45-28-14-5-15-29-45)36-47(37-51(52)55)53(42-22-8-2-9-23-42)43-24-10-3-11-25-43/h1-37H. The highest BCUT2D eigenvalue weighted by molar-refractivity contribution is 6.20. The summed E-state index contributed by atoms with van der Waals surface area (Å²) in [7, 11) is 0. The van der Waals surface area contributed by atoms with Crippen LogP contribution < -0.4 is 9.80 Å². The Morgan fingerprint density at radius 3 is 1.27 bits per heavy atom. The topological polar surface area (TPSA) is 11.4 Å². The average Bonchev–Trinajstić information content (AvgIpc) is 3.58. The van der Waals surface area contributed by atoms with E-state index in [1.54, 1.807) is 0 Å². The third kappa shape index (κ3) is 5.89. The van der Waals surface area contributed by atoms with Crippen LogP contribution in [0.15, 0.2) is 224 Å². The Bertz CT molecular complexity index is 2810. The molecule has 0 aliphatic rings. The summed E-state index contributed by atoms with van der Waals surface area (Å²) in [6.45, 7) is 0. The number of fused-ring (bicyclic) bond motifs is 4. The van der Waals surface area contributed by atoms with E-state index in [9.17, 15) is 0 Å². The molecule has 260 valence electrons. The maximum absolute atomic E-state index is 2.46. The summed E-state index contributed by atoms with van der Waals surface area (Å²) < 4.78 is 2.46. The number of aromatic nitrogens is 1. The average molecular weight is 704 g/mol. The van der Waals surface area contributed by atoms with E-state index in [4.69, 9.17) is 0 Å². The van der Waals surface area contributed by atoms with Gasteiger partial charge in [-0.15, -0.1) is 0 Å². The predicted octanol–water partition coefficient (Wildman–Crippen LogP) is 14.5. The molecule has 10 aromatic rings. The van der Waals surface area contributed by atoms with Crippen molar-refractivity contribution in [1.29, 1.82) is 0 Å². The van der Waals surface area contributed by atoms with Crippen LogP contribution in [0.5, 0.6) is 0 Å². The fourth-order valence-electron chi connectivity index (χ4n) is 7.99. The van der Waals surface area contributed by atoms with Crippen molar-refractivity contribution in [3.63, 3.8) is 0 Å². The van der Waals surface area contributed by atoms with Gasteiger partial charge in [-0.3, -0.25) is 0 Å². The van der Waals surface area contributed by atoms with Crippen molar-refractivity contribution in [1.82, 2.24) is 4.57 Å². The first-order valence-corrected chi connectivity index (χ1v) is 18.8. The maximum atomic E-state index is 2.46. The van der Waals surface area contributed by atoms with Crippen LogP contribution in [0.2, 0.25) is 0 Å². The molecule has 1 aromatic heterocycles. The fourth-order valence-corrected chi connectivity index (χ4v) is 7.99. The monoisotopic (exact) mass is 703 g/mol. The summed E-state index contributed by atoms with van der Waals surface area (Å²) in [4.78, 5) is 4.78. The molecule has 55 heavy (non-hydrogen) atoms. The van der Waals surface area contributed by atoms with Gasteiger partial charge < -0.3 is 14.4 Å². The van der Waals surface area contributed by atoms with Crippen LogP contribution in [-0.4, -0.2) is 4.57 Å². The normalized spacial score (nSPS) is 11.3. The first-order valence-electron chi connectivity index (χ1n) is 18.8. The second kappa shape index (κ2) is 13.9. The van der Waals surface area contributed by atoms with Gasteiger partial charge in [0, 0.05) is 39.2 Å². The molecule has 0 bridgehead atoms. The van der Waals surface area contributed by atoms with Crippen molar-refractivity contribution in [2.24, 2.45) is 0 Å². The molecule has 0 aliphatic carbocycles. The zero-order valence-corrected chi connectivity index (χ0v) is 30.2. The van der Waals surface area contributed by atoms with Gasteiger partial charge in [0.15, 0.2) is 0 Å². The largest absolute Gasteiger partial charge is 0.310 e. The first kappa shape index (κ1) is 32.3. The van der Waals surface area contributed by atoms with Gasteiger partial charge >= 0.3 is 0 Å². The van der Waals surface area contributed by atoms with Crippen molar-refractivity contribution in [3.05, 3.63) is 224 Å². The lowest BCUT2D eigenvalue weighted by Crippen LogP contribution is -2.14. The molecular formula is C52H37N3. The van der Waals surface area contributed by atoms with Crippen LogP contribution in [0.4, 0.5) is 34.1 Å². The van der Waals surface area contributed by atoms with Gasteiger partial charge in [-0.2, -0.15) is 0 Å². The van der Waals surface area contributed by atoms with Crippen LogP contribution in [0.25, 0.3) is 49.4 Å². The molecular weight excluding hydrogens is 667 g/mol. The molecule has 1 heterocycles. The second-order valence-corrected chi connectivity index (χ2v) is 13.8.